The second-order valence-electron chi connectivity index (χ2n) is 4.35. The molecule has 5 nitrogen and oxygen atoms in total. The van der Waals surface area contributed by atoms with Crippen molar-refractivity contribution in [2.24, 2.45) is 0 Å². The minimum Gasteiger partial charge on any atom is -0.323 e. The molecule has 0 atom stereocenters. The van der Waals surface area contributed by atoms with Crippen LogP contribution < -0.4 is 0 Å². The summed E-state index contributed by atoms with van der Waals surface area (Å²) >= 11 is 0. The Hall–Kier alpha value is -2.53. The minimum atomic E-state index is -2.37. The van der Waals surface area contributed by atoms with Gasteiger partial charge >= 0.3 is 5.72 Å². The molecule has 0 saturated heterocycles. The second kappa shape index (κ2) is 3.73. The lowest BCUT2D eigenvalue weighted by Gasteiger charge is -2.27. The van der Waals surface area contributed by atoms with Crippen molar-refractivity contribution in [2.45, 2.75) is 5.72 Å². The van der Waals surface area contributed by atoms with E-state index in [1.807, 2.05) is 0 Å². The summed E-state index contributed by atoms with van der Waals surface area (Å²) in [6.45, 7) is 0. The first-order valence-corrected chi connectivity index (χ1v) is 5.67. The summed E-state index contributed by atoms with van der Waals surface area (Å²) < 4.78 is 0. The number of hydrogen-bond donors (Lipinski definition) is 1. The minimum absolute atomic E-state index is 0.0173. The molecule has 0 saturated carbocycles. The van der Waals surface area contributed by atoms with Gasteiger partial charge in [0.2, 0.25) is 0 Å². The molecule has 0 aliphatic heterocycles. The molecule has 1 N–H and O–H groups in total. The van der Waals surface area contributed by atoms with Gasteiger partial charge in [-0.2, -0.15) is 0 Å². The number of aliphatic hydroxyl groups is 1. The zero-order chi connectivity index (χ0) is 13.6. The Morgan fingerprint density at radius 3 is 1.79 bits per heavy atom. The van der Waals surface area contributed by atoms with Crippen LogP contribution >= 0.6 is 0 Å². The van der Waals surface area contributed by atoms with E-state index < -0.39 is 10.6 Å². The van der Waals surface area contributed by atoms with Gasteiger partial charge in [-0.1, -0.05) is 36.4 Å². The standard InChI is InChI=1S/C14H9NO4/c16-13-9-5-1-3-7-11(9)14(17,15(18)19)12-8-4-2-6-10(12)13/h1-8,17H. The third-order valence-electron chi connectivity index (χ3n) is 3.36. The molecule has 0 aromatic heterocycles. The first-order chi connectivity index (χ1) is 9.06. The summed E-state index contributed by atoms with van der Waals surface area (Å²) in [6.07, 6.45) is 0. The van der Waals surface area contributed by atoms with Gasteiger partial charge in [-0.25, -0.2) is 0 Å². The third-order valence-corrected chi connectivity index (χ3v) is 3.36. The fourth-order valence-corrected chi connectivity index (χ4v) is 2.46. The molecule has 0 heterocycles. The number of nitrogens with zero attached hydrogens (tertiary/aromatic N) is 1. The number of ketones is 1. The van der Waals surface area contributed by atoms with Crippen molar-refractivity contribution in [1.29, 1.82) is 0 Å². The molecule has 5 heteroatoms. The van der Waals surface area contributed by atoms with Crippen LogP contribution in [0.5, 0.6) is 0 Å². The topological polar surface area (TPSA) is 80.4 Å². The van der Waals surface area contributed by atoms with E-state index in [0.717, 1.165) is 0 Å². The largest absolute Gasteiger partial charge is 0.377 e. The maximum Gasteiger partial charge on any atom is 0.377 e. The first-order valence-electron chi connectivity index (χ1n) is 5.67. The molecule has 0 amide bonds. The van der Waals surface area contributed by atoms with Crippen LogP contribution in [-0.4, -0.2) is 15.8 Å². The number of carbonyl (C=O) groups excluding carboxylic acids is 1. The van der Waals surface area contributed by atoms with Crippen molar-refractivity contribution in [3.8, 4) is 0 Å². The maximum absolute atomic E-state index is 12.3. The van der Waals surface area contributed by atoms with Gasteiger partial charge in [0.05, 0.1) is 16.1 Å². The molecule has 19 heavy (non-hydrogen) atoms. The summed E-state index contributed by atoms with van der Waals surface area (Å²) in [5, 5.41) is 21.9. The quantitative estimate of drug-likeness (QED) is 0.477. The lowest BCUT2D eigenvalue weighted by molar-refractivity contribution is -0.621. The van der Waals surface area contributed by atoms with Crippen molar-refractivity contribution >= 4 is 5.78 Å². The zero-order valence-corrected chi connectivity index (χ0v) is 9.74. The molecule has 0 unspecified atom stereocenters. The van der Waals surface area contributed by atoms with Crippen LogP contribution in [0.25, 0.3) is 0 Å². The number of fused-ring (bicyclic) bond motifs is 2. The molecular weight excluding hydrogens is 246 g/mol. The van der Waals surface area contributed by atoms with Crippen LogP contribution in [0, 0.1) is 10.1 Å². The zero-order valence-electron chi connectivity index (χ0n) is 9.74. The number of hydrogen-bond acceptors (Lipinski definition) is 4. The molecule has 0 spiro atoms. The van der Waals surface area contributed by atoms with Crippen LogP contribution in [0.2, 0.25) is 0 Å². The van der Waals surface area contributed by atoms with Gasteiger partial charge in [0, 0.05) is 11.1 Å². The van der Waals surface area contributed by atoms with Crippen LogP contribution in [0.1, 0.15) is 27.0 Å². The van der Waals surface area contributed by atoms with Crippen molar-refractivity contribution in [3.63, 3.8) is 0 Å². The second-order valence-corrected chi connectivity index (χ2v) is 4.35. The molecule has 2 aromatic rings. The van der Waals surface area contributed by atoms with E-state index in [1.165, 1.54) is 24.3 Å². The van der Waals surface area contributed by atoms with E-state index in [2.05, 4.69) is 0 Å². The molecule has 0 radical (unpaired) electrons. The number of rotatable bonds is 1. The van der Waals surface area contributed by atoms with Gasteiger partial charge < -0.3 is 5.11 Å². The molecule has 0 fully saturated rings. The van der Waals surface area contributed by atoms with Gasteiger partial charge in [0.25, 0.3) is 0 Å². The first kappa shape index (κ1) is 11.6. The summed E-state index contributed by atoms with van der Waals surface area (Å²) in [5.41, 5.74) is -2.01. The monoisotopic (exact) mass is 255 g/mol. The Labute approximate surface area is 108 Å². The van der Waals surface area contributed by atoms with E-state index in [1.54, 1.807) is 24.3 Å². The fraction of sp³-hybridized carbons (Fsp3) is 0.0714. The summed E-state index contributed by atoms with van der Waals surface area (Å²) in [5.74, 6) is -0.308. The summed E-state index contributed by atoms with van der Waals surface area (Å²) in [6, 6.07) is 12.2. The van der Waals surface area contributed by atoms with Crippen LogP contribution in [0.3, 0.4) is 0 Å². The highest BCUT2D eigenvalue weighted by atomic mass is 16.7. The van der Waals surface area contributed by atoms with E-state index in [9.17, 15) is 20.0 Å². The van der Waals surface area contributed by atoms with Gasteiger partial charge in [0.1, 0.15) is 0 Å². The Balaban J connectivity index is 2.43. The molecule has 2 aromatic carbocycles. The Morgan fingerprint density at radius 2 is 1.37 bits per heavy atom. The highest BCUT2D eigenvalue weighted by Crippen LogP contribution is 2.39. The van der Waals surface area contributed by atoms with Crippen LogP contribution in [-0.2, 0) is 5.72 Å². The molecule has 1 aliphatic rings. The van der Waals surface area contributed by atoms with Crippen LogP contribution in [0.15, 0.2) is 48.5 Å². The highest BCUT2D eigenvalue weighted by Gasteiger charge is 2.52. The van der Waals surface area contributed by atoms with E-state index in [4.69, 9.17) is 0 Å². The fourth-order valence-electron chi connectivity index (χ4n) is 2.46. The van der Waals surface area contributed by atoms with Gasteiger partial charge in [0.15, 0.2) is 5.78 Å². The SMILES string of the molecule is O=C1c2ccccc2C(O)([N+](=O)[O-])c2ccccc21. The smallest absolute Gasteiger partial charge is 0.323 e. The maximum atomic E-state index is 12.3. The van der Waals surface area contributed by atoms with Gasteiger partial charge in [-0.05, 0) is 12.1 Å². The predicted molar refractivity (Wildman–Crippen MR) is 66.3 cm³/mol. The average molecular weight is 255 g/mol. The molecule has 94 valence electrons. The van der Waals surface area contributed by atoms with E-state index in [0.29, 0.717) is 0 Å². The predicted octanol–water partition coefficient (Wildman–Crippen LogP) is 1.70. The molecule has 0 bridgehead atoms. The lowest BCUT2D eigenvalue weighted by atomic mass is 9.79. The van der Waals surface area contributed by atoms with Crippen molar-refractivity contribution in [2.75, 3.05) is 0 Å². The molecular formula is C14H9NO4. The van der Waals surface area contributed by atoms with Gasteiger partial charge in [-0.15, -0.1) is 0 Å². The average Bonchev–Trinajstić information content (AvgIpc) is 2.44. The van der Waals surface area contributed by atoms with Crippen molar-refractivity contribution in [1.82, 2.24) is 0 Å². The third kappa shape index (κ3) is 1.36. The van der Waals surface area contributed by atoms with Crippen LogP contribution in [0.4, 0.5) is 0 Å². The summed E-state index contributed by atoms with van der Waals surface area (Å²) in [4.78, 5) is 22.9. The Kier molecular flexibility index (Phi) is 2.27. The summed E-state index contributed by atoms with van der Waals surface area (Å²) in [7, 11) is 0. The molecule has 1 aliphatic carbocycles. The normalized spacial score (nSPS) is 15.5. The number of carbonyl (C=O) groups is 1. The number of benzene rings is 2. The Bertz CT molecular complexity index is 659. The van der Waals surface area contributed by atoms with Crippen molar-refractivity contribution in [3.05, 3.63) is 80.9 Å². The Morgan fingerprint density at radius 1 is 0.947 bits per heavy atom. The number of nitro groups is 1. The molecule has 3 rings (SSSR count). The van der Waals surface area contributed by atoms with Crippen molar-refractivity contribution < 1.29 is 14.8 Å². The lowest BCUT2D eigenvalue weighted by Crippen LogP contribution is -2.42. The highest BCUT2D eigenvalue weighted by molar-refractivity contribution is 6.12. The van der Waals surface area contributed by atoms with E-state index >= 15 is 0 Å². The van der Waals surface area contributed by atoms with Gasteiger partial charge in [-0.3, -0.25) is 14.9 Å². The van der Waals surface area contributed by atoms with E-state index in [-0.39, 0.29) is 28.0 Å².